The Hall–Kier alpha value is -2.01. The van der Waals surface area contributed by atoms with Gasteiger partial charge in [0.1, 0.15) is 11.3 Å². The number of benzene rings is 1. The maximum absolute atomic E-state index is 14.0. The molecular weight excluding hydrogens is 283 g/mol. The average Bonchev–Trinajstić information content (AvgIpc) is 2.47. The van der Waals surface area contributed by atoms with Crippen molar-refractivity contribution < 1.29 is 14.3 Å². The lowest BCUT2D eigenvalue weighted by Crippen LogP contribution is -2.34. The molecule has 1 aliphatic heterocycles. The van der Waals surface area contributed by atoms with Crippen molar-refractivity contribution in [2.75, 3.05) is 13.1 Å². The van der Waals surface area contributed by atoms with E-state index >= 15 is 0 Å². The number of aromatic nitrogens is 1. The molecule has 1 fully saturated rings. The molecule has 116 valence electrons. The van der Waals surface area contributed by atoms with Gasteiger partial charge in [0.25, 0.3) is 0 Å². The zero-order valence-electron chi connectivity index (χ0n) is 12.6. The molecule has 0 radical (unpaired) electrons. The second-order valence-corrected chi connectivity index (χ2v) is 6.08. The van der Waals surface area contributed by atoms with Gasteiger partial charge in [0.2, 0.25) is 0 Å². The van der Waals surface area contributed by atoms with Crippen LogP contribution in [0.25, 0.3) is 10.9 Å². The summed E-state index contributed by atoms with van der Waals surface area (Å²) < 4.78 is 14.0. The zero-order valence-corrected chi connectivity index (χ0v) is 12.6. The van der Waals surface area contributed by atoms with E-state index in [4.69, 9.17) is 0 Å². The van der Waals surface area contributed by atoms with Gasteiger partial charge in [0.05, 0.1) is 11.3 Å². The van der Waals surface area contributed by atoms with Crippen LogP contribution in [-0.4, -0.2) is 34.0 Å². The van der Waals surface area contributed by atoms with Gasteiger partial charge in [-0.15, -0.1) is 0 Å². The maximum Gasteiger partial charge on any atom is 0.336 e. The number of fused-ring (bicyclic) bond motifs is 1. The minimum atomic E-state index is -1.05. The van der Waals surface area contributed by atoms with E-state index in [1.807, 2.05) is 0 Å². The summed E-state index contributed by atoms with van der Waals surface area (Å²) in [4.78, 5) is 18.1. The minimum Gasteiger partial charge on any atom is -0.478 e. The smallest absolute Gasteiger partial charge is 0.336 e. The monoisotopic (exact) mass is 302 g/mol. The Morgan fingerprint density at radius 2 is 2.32 bits per heavy atom. The molecule has 0 aliphatic carbocycles. The van der Waals surface area contributed by atoms with Crippen molar-refractivity contribution in [3.05, 3.63) is 41.3 Å². The van der Waals surface area contributed by atoms with Gasteiger partial charge in [-0.25, -0.2) is 14.2 Å². The van der Waals surface area contributed by atoms with Crippen molar-refractivity contribution in [3.63, 3.8) is 0 Å². The second kappa shape index (κ2) is 6.01. The number of likely N-dealkylation sites (tertiary alicyclic amines) is 1. The lowest BCUT2D eigenvalue weighted by Gasteiger charge is -2.30. The van der Waals surface area contributed by atoms with Crippen LogP contribution in [0.5, 0.6) is 0 Å². The zero-order chi connectivity index (χ0) is 15.7. The first kappa shape index (κ1) is 14.9. The van der Waals surface area contributed by atoms with Crippen LogP contribution in [0.3, 0.4) is 0 Å². The van der Waals surface area contributed by atoms with Crippen LogP contribution in [0, 0.1) is 11.7 Å². The maximum atomic E-state index is 14.0. The third kappa shape index (κ3) is 2.95. The third-order valence-corrected chi connectivity index (χ3v) is 4.20. The quantitative estimate of drug-likeness (QED) is 0.945. The molecule has 2 heterocycles. The largest absolute Gasteiger partial charge is 0.478 e. The van der Waals surface area contributed by atoms with Crippen LogP contribution < -0.4 is 0 Å². The van der Waals surface area contributed by atoms with Crippen LogP contribution in [0.4, 0.5) is 4.39 Å². The highest BCUT2D eigenvalue weighted by atomic mass is 19.1. The molecule has 1 aromatic heterocycles. The van der Waals surface area contributed by atoms with Gasteiger partial charge in [-0.1, -0.05) is 19.1 Å². The molecule has 0 spiro atoms. The van der Waals surface area contributed by atoms with E-state index in [0.717, 1.165) is 19.5 Å². The summed E-state index contributed by atoms with van der Waals surface area (Å²) in [6, 6.07) is 6.00. The molecule has 3 rings (SSSR count). The number of nitrogens with zero attached hydrogens (tertiary/aromatic N) is 2. The Morgan fingerprint density at radius 3 is 3.05 bits per heavy atom. The number of halogens is 1. The number of carbonyl (C=O) groups is 1. The molecule has 4 nitrogen and oxygen atoms in total. The van der Waals surface area contributed by atoms with Crippen LogP contribution in [0.1, 0.15) is 35.8 Å². The molecule has 0 saturated carbocycles. The number of hydrogen-bond donors (Lipinski definition) is 1. The molecule has 2 aromatic rings. The van der Waals surface area contributed by atoms with Crippen molar-refractivity contribution in [2.45, 2.75) is 26.3 Å². The van der Waals surface area contributed by atoms with Gasteiger partial charge in [0.15, 0.2) is 0 Å². The fourth-order valence-electron chi connectivity index (χ4n) is 3.18. The van der Waals surface area contributed by atoms with Crippen LogP contribution in [0.2, 0.25) is 0 Å². The highest BCUT2D eigenvalue weighted by Gasteiger charge is 2.19. The van der Waals surface area contributed by atoms with E-state index in [9.17, 15) is 14.3 Å². The Kier molecular flexibility index (Phi) is 4.07. The lowest BCUT2D eigenvalue weighted by atomic mass is 10.00. The predicted molar refractivity (Wildman–Crippen MR) is 82.3 cm³/mol. The number of carboxylic acids is 1. The third-order valence-electron chi connectivity index (χ3n) is 4.20. The molecule has 22 heavy (non-hydrogen) atoms. The molecule has 1 aromatic carbocycles. The Bertz CT molecular complexity index is 717. The van der Waals surface area contributed by atoms with Crippen molar-refractivity contribution >= 4 is 16.9 Å². The molecule has 1 saturated heterocycles. The van der Waals surface area contributed by atoms with Gasteiger partial charge in [-0.05, 0) is 37.4 Å². The first-order valence-electron chi connectivity index (χ1n) is 7.58. The van der Waals surface area contributed by atoms with Gasteiger partial charge < -0.3 is 5.11 Å². The number of piperidine rings is 1. The summed E-state index contributed by atoms with van der Waals surface area (Å²) in [5.74, 6) is -0.898. The van der Waals surface area contributed by atoms with Crippen molar-refractivity contribution in [2.24, 2.45) is 5.92 Å². The van der Waals surface area contributed by atoms with Crippen molar-refractivity contribution in [1.29, 1.82) is 0 Å². The second-order valence-electron chi connectivity index (χ2n) is 6.08. The highest BCUT2D eigenvalue weighted by Crippen LogP contribution is 2.23. The van der Waals surface area contributed by atoms with E-state index in [2.05, 4.69) is 16.8 Å². The molecule has 5 heteroatoms. The molecule has 1 aliphatic rings. The molecule has 1 unspecified atom stereocenters. The number of pyridine rings is 1. The lowest BCUT2D eigenvalue weighted by molar-refractivity contribution is 0.0698. The molecule has 1 N–H and O–H groups in total. The molecule has 1 atom stereocenters. The first-order chi connectivity index (χ1) is 10.5. The Morgan fingerprint density at radius 1 is 1.50 bits per heavy atom. The van der Waals surface area contributed by atoms with Crippen LogP contribution >= 0.6 is 0 Å². The SMILES string of the molecule is CC1CCCN(Cc2cc(C(=O)O)c3cccc(F)c3n2)C1. The first-order valence-corrected chi connectivity index (χ1v) is 7.58. The van der Waals surface area contributed by atoms with E-state index < -0.39 is 11.8 Å². The standard InChI is InChI=1S/C17H19FN2O2/c1-11-4-3-7-20(9-11)10-12-8-14(17(21)22)13-5-2-6-15(18)16(13)19-12/h2,5-6,8,11H,3-4,7,9-10H2,1H3,(H,21,22). The minimum absolute atomic E-state index is 0.115. The normalized spacial score (nSPS) is 19.5. The molecule has 0 amide bonds. The summed E-state index contributed by atoms with van der Waals surface area (Å²) in [5, 5.41) is 9.73. The topological polar surface area (TPSA) is 53.4 Å². The highest BCUT2D eigenvalue weighted by molar-refractivity contribution is 6.02. The number of hydrogen-bond acceptors (Lipinski definition) is 3. The van der Waals surface area contributed by atoms with Gasteiger partial charge >= 0.3 is 5.97 Å². The Balaban J connectivity index is 1.99. The number of para-hydroxylation sites is 1. The summed E-state index contributed by atoms with van der Waals surface area (Å²) >= 11 is 0. The molecular formula is C17H19FN2O2. The predicted octanol–water partition coefficient (Wildman–Crippen LogP) is 3.30. The van der Waals surface area contributed by atoms with Crippen LogP contribution in [-0.2, 0) is 6.54 Å². The van der Waals surface area contributed by atoms with Crippen molar-refractivity contribution in [1.82, 2.24) is 9.88 Å². The fraction of sp³-hybridized carbons (Fsp3) is 0.412. The summed E-state index contributed by atoms with van der Waals surface area (Å²) in [6.45, 7) is 4.72. The van der Waals surface area contributed by atoms with E-state index in [1.54, 1.807) is 12.1 Å². The summed E-state index contributed by atoms with van der Waals surface area (Å²) in [6.07, 6.45) is 2.35. The van der Waals surface area contributed by atoms with E-state index in [0.29, 0.717) is 23.5 Å². The summed E-state index contributed by atoms with van der Waals surface area (Å²) in [7, 11) is 0. The van der Waals surface area contributed by atoms with Crippen molar-refractivity contribution in [3.8, 4) is 0 Å². The number of aromatic carboxylic acids is 1. The van der Waals surface area contributed by atoms with Gasteiger partial charge in [0, 0.05) is 18.5 Å². The van der Waals surface area contributed by atoms with Gasteiger partial charge in [-0.2, -0.15) is 0 Å². The van der Waals surface area contributed by atoms with E-state index in [-0.39, 0.29) is 11.1 Å². The Labute approximate surface area is 128 Å². The number of rotatable bonds is 3. The summed E-state index contributed by atoms with van der Waals surface area (Å²) in [5.41, 5.74) is 0.871. The van der Waals surface area contributed by atoms with Crippen LogP contribution in [0.15, 0.2) is 24.3 Å². The average molecular weight is 302 g/mol. The van der Waals surface area contributed by atoms with E-state index in [1.165, 1.54) is 18.6 Å². The fourth-order valence-corrected chi connectivity index (χ4v) is 3.18. The molecule has 0 bridgehead atoms. The van der Waals surface area contributed by atoms with Gasteiger partial charge in [-0.3, -0.25) is 4.90 Å². The number of carboxylic acid groups (broad SMARTS) is 1.